The van der Waals surface area contributed by atoms with Crippen molar-refractivity contribution >= 4 is 0 Å². The molecule has 0 radical (unpaired) electrons. The number of nitrogens with one attached hydrogen (secondary N) is 1. The Morgan fingerprint density at radius 2 is 2.25 bits per heavy atom. The quantitative estimate of drug-likeness (QED) is 0.575. The van der Waals surface area contributed by atoms with Gasteiger partial charge in [0.2, 0.25) is 0 Å². The second-order valence-corrected chi connectivity index (χ2v) is 4.59. The Kier molecular flexibility index (Phi) is 5.32. The van der Waals surface area contributed by atoms with Gasteiger partial charge >= 0.3 is 0 Å². The Hall–Kier alpha value is -0.380. The topological polar surface area (TPSA) is 30.5 Å². The van der Waals surface area contributed by atoms with Crippen LogP contribution in [0.1, 0.15) is 38.5 Å². The van der Waals surface area contributed by atoms with E-state index in [0.717, 1.165) is 26.1 Å². The van der Waals surface area contributed by atoms with Crippen molar-refractivity contribution in [2.45, 2.75) is 50.9 Å². The molecule has 0 aromatic carbocycles. The fourth-order valence-corrected chi connectivity index (χ4v) is 2.25. The van der Waals surface area contributed by atoms with Gasteiger partial charge < -0.3 is 14.8 Å². The predicted molar refractivity (Wildman–Crippen MR) is 64.3 cm³/mol. The second-order valence-electron chi connectivity index (χ2n) is 4.59. The smallest absolute Gasteiger partial charge is 0.157 e. The SMILES string of the molecule is C(=CC1CCCN1)CCOC1CCCCO1. The average Bonchev–Trinajstić information content (AvgIpc) is 2.83. The highest BCUT2D eigenvalue weighted by molar-refractivity contribution is 4.95. The molecule has 1 N–H and O–H groups in total. The van der Waals surface area contributed by atoms with E-state index in [1.807, 2.05) is 0 Å². The van der Waals surface area contributed by atoms with Gasteiger partial charge in [-0.3, -0.25) is 0 Å². The molecule has 3 nitrogen and oxygen atoms in total. The summed E-state index contributed by atoms with van der Waals surface area (Å²) in [7, 11) is 0. The Morgan fingerprint density at radius 3 is 3.00 bits per heavy atom. The van der Waals surface area contributed by atoms with E-state index in [1.165, 1.54) is 32.2 Å². The molecule has 2 saturated heterocycles. The molecule has 2 atom stereocenters. The van der Waals surface area contributed by atoms with Crippen molar-refractivity contribution in [2.75, 3.05) is 19.8 Å². The van der Waals surface area contributed by atoms with Crippen LogP contribution in [0.4, 0.5) is 0 Å². The molecule has 0 aromatic rings. The summed E-state index contributed by atoms with van der Waals surface area (Å²) in [6.07, 6.45) is 11.6. The summed E-state index contributed by atoms with van der Waals surface area (Å²) < 4.78 is 11.2. The van der Waals surface area contributed by atoms with Gasteiger partial charge in [-0.25, -0.2) is 0 Å². The third-order valence-corrected chi connectivity index (χ3v) is 3.19. The number of hydrogen-bond acceptors (Lipinski definition) is 3. The summed E-state index contributed by atoms with van der Waals surface area (Å²) >= 11 is 0. The summed E-state index contributed by atoms with van der Waals surface area (Å²) in [6, 6.07) is 0.603. The summed E-state index contributed by atoms with van der Waals surface area (Å²) in [6.45, 7) is 2.82. The van der Waals surface area contributed by atoms with Gasteiger partial charge in [-0.05, 0) is 45.1 Å². The average molecular weight is 225 g/mol. The normalized spacial score (nSPS) is 31.2. The molecule has 3 heteroatoms. The molecule has 2 aliphatic heterocycles. The van der Waals surface area contributed by atoms with Crippen molar-refractivity contribution in [3.05, 3.63) is 12.2 Å². The standard InChI is InChI=1S/C13H23NO2/c1(6-12-7-5-9-14-12)3-10-15-13-8-2-4-11-16-13/h1,6,12-14H,2-5,7-11H2. The van der Waals surface area contributed by atoms with Gasteiger partial charge in [0, 0.05) is 12.6 Å². The van der Waals surface area contributed by atoms with Crippen LogP contribution in [0, 0.1) is 0 Å². The first-order valence-corrected chi connectivity index (χ1v) is 6.58. The van der Waals surface area contributed by atoms with Crippen molar-refractivity contribution in [1.29, 1.82) is 0 Å². The summed E-state index contributed by atoms with van der Waals surface area (Å²) in [4.78, 5) is 0. The van der Waals surface area contributed by atoms with E-state index >= 15 is 0 Å². The predicted octanol–water partition coefficient (Wildman–Crippen LogP) is 2.23. The van der Waals surface area contributed by atoms with E-state index in [2.05, 4.69) is 17.5 Å². The lowest BCUT2D eigenvalue weighted by atomic mass is 10.2. The first-order valence-electron chi connectivity index (χ1n) is 6.58. The first kappa shape index (κ1) is 12.1. The van der Waals surface area contributed by atoms with E-state index in [4.69, 9.17) is 9.47 Å². The second kappa shape index (κ2) is 7.05. The highest BCUT2D eigenvalue weighted by Gasteiger charge is 2.13. The van der Waals surface area contributed by atoms with Gasteiger partial charge in [0.1, 0.15) is 0 Å². The van der Waals surface area contributed by atoms with E-state index in [1.54, 1.807) is 0 Å². The maximum absolute atomic E-state index is 5.65. The van der Waals surface area contributed by atoms with Crippen LogP contribution in [0.15, 0.2) is 12.2 Å². The van der Waals surface area contributed by atoms with Crippen LogP contribution in [-0.4, -0.2) is 32.1 Å². The van der Waals surface area contributed by atoms with E-state index in [0.29, 0.717) is 6.04 Å². The molecule has 2 aliphatic rings. The van der Waals surface area contributed by atoms with E-state index < -0.39 is 0 Å². The third kappa shape index (κ3) is 4.24. The fourth-order valence-electron chi connectivity index (χ4n) is 2.25. The summed E-state index contributed by atoms with van der Waals surface area (Å²) in [5.41, 5.74) is 0. The molecule has 2 unspecified atom stereocenters. The van der Waals surface area contributed by atoms with Crippen LogP contribution in [0.5, 0.6) is 0 Å². The highest BCUT2D eigenvalue weighted by Crippen LogP contribution is 2.13. The van der Waals surface area contributed by atoms with E-state index in [9.17, 15) is 0 Å². The van der Waals surface area contributed by atoms with Crippen LogP contribution in [0.3, 0.4) is 0 Å². The van der Waals surface area contributed by atoms with Crippen LogP contribution in [0.25, 0.3) is 0 Å². The molecule has 0 amide bonds. The Balaban J connectivity index is 1.50. The lowest BCUT2D eigenvalue weighted by Crippen LogP contribution is -2.22. The maximum atomic E-state index is 5.65. The minimum atomic E-state index is 0.0618. The zero-order valence-electron chi connectivity index (χ0n) is 9.99. The maximum Gasteiger partial charge on any atom is 0.157 e. The van der Waals surface area contributed by atoms with Gasteiger partial charge in [-0.15, -0.1) is 0 Å². The summed E-state index contributed by atoms with van der Waals surface area (Å²) in [5, 5.41) is 3.44. The number of hydrogen-bond donors (Lipinski definition) is 1. The Labute approximate surface area is 98.2 Å². The monoisotopic (exact) mass is 225 g/mol. The van der Waals surface area contributed by atoms with Crippen molar-refractivity contribution in [3.8, 4) is 0 Å². The van der Waals surface area contributed by atoms with Crippen molar-refractivity contribution in [3.63, 3.8) is 0 Å². The van der Waals surface area contributed by atoms with Gasteiger partial charge in [0.15, 0.2) is 6.29 Å². The van der Waals surface area contributed by atoms with Crippen molar-refractivity contribution in [1.82, 2.24) is 5.32 Å². The molecule has 0 spiro atoms. The molecule has 2 heterocycles. The molecule has 0 saturated carbocycles. The molecule has 0 aliphatic carbocycles. The lowest BCUT2D eigenvalue weighted by Gasteiger charge is -2.22. The number of ether oxygens (including phenoxy) is 2. The van der Waals surface area contributed by atoms with Crippen molar-refractivity contribution < 1.29 is 9.47 Å². The molecule has 92 valence electrons. The lowest BCUT2D eigenvalue weighted by molar-refractivity contribution is -0.161. The van der Waals surface area contributed by atoms with Crippen LogP contribution < -0.4 is 5.32 Å². The van der Waals surface area contributed by atoms with Gasteiger partial charge in [0.25, 0.3) is 0 Å². The van der Waals surface area contributed by atoms with Gasteiger partial charge in [-0.1, -0.05) is 12.2 Å². The van der Waals surface area contributed by atoms with Crippen LogP contribution in [-0.2, 0) is 9.47 Å². The number of rotatable bonds is 5. The van der Waals surface area contributed by atoms with Crippen LogP contribution in [0.2, 0.25) is 0 Å². The van der Waals surface area contributed by atoms with E-state index in [-0.39, 0.29) is 6.29 Å². The first-order chi connectivity index (χ1) is 7.95. The fraction of sp³-hybridized carbons (Fsp3) is 0.846. The Bertz CT molecular complexity index is 206. The molecular weight excluding hydrogens is 202 g/mol. The molecule has 0 bridgehead atoms. The molecular formula is C13H23NO2. The van der Waals surface area contributed by atoms with Crippen LogP contribution >= 0.6 is 0 Å². The minimum absolute atomic E-state index is 0.0618. The molecule has 16 heavy (non-hydrogen) atoms. The highest BCUT2D eigenvalue weighted by atomic mass is 16.7. The zero-order chi connectivity index (χ0) is 11.1. The molecule has 0 aromatic heterocycles. The summed E-state index contributed by atoms with van der Waals surface area (Å²) in [5.74, 6) is 0. The molecule has 2 rings (SSSR count). The Morgan fingerprint density at radius 1 is 1.25 bits per heavy atom. The van der Waals surface area contributed by atoms with Crippen molar-refractivity contribution in [2.24, 2.45) is 0 Å². The largest absolute Gasteiger partial charge is 0.353 e. The minimum Gasteiger partial charge on any atom is -0.353 e. The van der Waals surface area contributed by atoms with Gasteiger partial charge in [-0.2, -0.15) is 0 Å². The third-order valence-electron chi connectivity index (χ3n) is 3.19. The molecule has 2 fully saturated rings. The zero-order valence-corrected chi connectivity index (χ0v) is 9.99. The van der Waals surface area contributed by atoms with Gasteiger partial charge in [0.05, 0.1) is 6.61 Å².